The molecule has 3 aliphatic heterocycles. The topological polar surface area (TPSA) is 127 Å². The fraction of sp³-hybridized carbons (Fsp3) is 0.621. The van der Waals surface area contributed by atoms with E-state index < -0.39 is 41.1 Å². The van der Waals surface area contributed by atoms with Crippen LogP contribution in [0.3, 0.4) is 0 Å². The van der Waals surface area contributed by atoms with Crippen molar-refractivity contribution < 1.29 is 29.0 Å². The van der Waals surface area contributed by atoms with Gasteiger partial charge in [-0.25, -0.2) is 4.68 Å². The maximum atomic E-state index is 14.6. The minimum Gasteiger partial charge on any atom is -0.466 e. The number of ether oxygens (including phenoxy) is 2. The maximum Gasteiger partial charge on any atom is 0.312 e. The smallest absolute Gasteiger partial charge is 0.312 e. The zero-order valence-electron chi connectivity index (χ0n) is 23.7. The number of aliphatic hydroxyl groups excluding tert-OH is 1. The fourth-order valence-corrected chi connectivity index (χ4v) is 7.18. The SMILES string of the molecule is C=CCN(Cn1nnc2ccccc21)C(=O)C1N([C@@H](CO)CC(C)C)C(=O)[C@@H]2[C@@H](C(=O)OCC)[C@@]3(C)CCC12O3. The van der Waals surface area contributed by atoms with Crippen molar-refractivity contribution in [3.8, 4) is 0 Å². The molecular weight excluding hydrogens is 514 g/mol. The normalized spacial score (nSPS) is 29.7. The van der Waals surface area contributed by atoms with Crippen molar-refractivity contribution in [2.24, 2.45) is 17.8 Å². The van der Waals surface area contributed by atoms with Crippen LogP contribution in [0.15, 0.2) is 36.9 Å². The lowest BCUT2D eigenvalue weighted by molar-refractivity contribution is -0.162. The average molecular weight is 554 g/mol. The fourth-order valence-electron chi connectivity index (χ4n) is 7.18. The van der Waals surface area contributed by atoms with E-state index in [1.807, 2.05) is 45.0 Å². The minimum atomic E-state index is -1.21. The monoisotopic (exact) mass is 553 g/mol. The number of hydrogen-bond acceptors (Lipinski definition) is 8. The molecule has 0 radical (unpaired) electrons. The summed E-state index contributed by atoms with van der Waals surface area (Å²) in [5, 5.41) is 18.9. The first-order valence-electron chi connectivity index (χ1n) is 14.1. The second kappa shape index (κ2) is 10.6. The van der Waals surface area contributed by atoms with Crippen molar-refractivity contribution in [2.45, 2.75) is 76.9 Å². The molecular formula is C29H39N5O6. The summed E-state index contributed by atoms with van der Waals surface area (Å²) in [6.45, 7) is 11.6. The van der Waals surface area contributed by atoms with E-state index in [-0.39, 0.29) is 44.2 Å². The molecule has 40 heavy (non-hydrogen) atoms. The van der Waals surface area contributed by atoms with Gasteiger partial charge in [-0.1, -0.05) is 37.3 Å². The summed E-state index contributed by atoms with van der Waals surface area (Å²) in [4.78, 5) is 45.3. The van der Waals surface area contributed by atoms with E-state index in [4.69, 9.17) is 9.47 Å². The van der Waals surface area contributed by atoms with Gasteiger partial charge in [0.15, 0.2) is 0 Å². The van der Waals surface area contributed by atoms with Gasteiger partial charge in [-0.05, 0) is 51.2 Å². The van der Waals surface area contributed by atoms with Crippen molar-refractivity contribution in [3.63, 3.8) is 0 Å². The first-order chi connectivity index (χ1) is 19.1. The zero-order valence-corrected chi connectivity index (χ0v) is 23.7. The number of aromatic nitrogens is 3. The molecule has 3 fully saturated rings. The minimum absolute atomic E-state index is 0.0805. The van der Waals surface area contributed by atoms with Gasteiger partial charge in [0.2, 0.25) is 11.8 Å². The highest BCUT2D eigenvalue weighted by Gasteiger charge is 2.79. The van der Waals surface area contributed by atoms with Gasteiger partial charge >= 0.3 is 5.97 Å². The molecule has 6 atom stereocenters. The molecule has 5 rings (SSSR count). The second-order valence-corrected chi connectivity index (χ2v) is 11.8. The lowest BCUT2D eigenvalue weighted by Crippen LogP contribution is -2.59. The second-order valence-electron chi connectivity index (χ2n) is 11.8. The van der Waals surface area contributed by atoms with Crippen LogP contribution in [0.1, 0.15) is 47.0 Å². The van der Waals surface area contributed by atoms with Gasteiger partial charge in [0.1, 0.15) is 29.7 Å². The molecule has 11 heteroatoms. The Morgan fingerprint density at radius 2 is 2.08 bits per heavy atom. The molecule has 1 spiro atoms. The van der Waals surface area contributed by atoms with Crippen LogP contribution in [0.2, 0.25) is 0 Å². The van der Waals surface area contributed by atoms with Gasteiger partial charge in [0, 0.05) is 6.54 Å². The van der Waals surface area contributed by atoms with Crippen molar-refractivity contribution in [2.75, 3.05) is 19.8 Å². The summed E-state index contributed by atoms with van der Waals surface area (Å²) < 4.78 is 13.7. The molecule has 11 nitrogen and oxygen atoms in total. The van der Waals surface area contributed by atoms with Crippen LogP contribution in [-0.2, 0) is 30.5 Å². The Kier molecular flexibility index (Phi) is 7.47. The summed E-state index contributed by atoms with van der Waals surface area (Å²) in [5.41, 5.74) is -0.671. The molecule has 1 N–H and O–H groups in total. The highest BCUT2D eigenvalue weighted by atomic mass is 16.6. The highest BCUT2D eigenvalue weighted by Crippen LogP contribution is 2.63. The number of esters is 1. The van der Waals surface area contributed by atoms with Gasteiger partial charge in [0.25, 0.3) is 0 Å². The molecule has 2 amide bonds. The van der Waals surface area contributed by atoms with Crippen LogP contribution in [0.25, 0.3) is 11.0 Å². The summed E-state index contributed by atoms with van der Waals surface area (Å²) in [6.07, 6.45) is 3.07. The molecule has 0 saturated carbocycles. The molecule has 1 aromatic carbocycles. The number of benzene rings is 1. The molecule has 4 heterocycles. The predicted octanol–water partition coefficient (Wildman–Crippen LogP) is 2.14. The Labute approximate surface area is 234 Å². The van der Waals surface area contributed by atoms with E-state index in [1.165, 1.54) is 4.90 Å². The molecule has 3 saturated heterocycles. The van der Waals surface area contributed by atoms with E-state index >= 15 is 0 Å². The van der Waals surface area contributed by atoms with Crippen molar-refractivity contribution in [1.82, 2.24) is 24.8 Å². The highest BCUT2D eigenvalue weighted by molar-refractivity contribution is 5.98. The summed E-state index contributed by atoms with van der Waals surface area (Å²) in [5.74, 6) is -2.73. The van der Waals surface area contributed by atoms with Gasteiger partial charge < -0.3 is 24.4 Å². The third-order valence-corrected chi connectivity index (χ3v) is 8.72. The van der Waals surface area contributed by atoms with Gasteiger partial charge in [0.05, 0.1) is 36.3 Å². The van der Waals surface area contributed by atoms with Crippen molar-refractivity contribution in [1.29, 1.82) is 0 Å². The van der Waals surface area contributed by atoms with E-state index in [9.17, 15) is 19.5 Å². The number of likely N-dealkylation sites (tertiary alicyclic amines) is 1. The quantitative estimate of drug-likeness (QED) is 0.331. The summed E-state index contributed by atoms with van der Waals surface area (Å²) >= 11 is 0. The molecule has 2 aromatic rings. The van der Waals surface area contributed by atoms with E-state index in [2.05, 4.69) is 16.9 Å². The zero-order chi connectivity index (χ0) is 28.8. The lowest BCUT2D eigenvalue weighted by Gasteiger charge is -2.39. The number of hydrogen-bond donors (Lipinski definition) is 1. The molecule has 2 unspecified atom stereocenters. The number of carbonyl (C=O) groups is 3. The molecule has 3 aliphatic rings. The standard InChI is InChI=1S/C29H39N5O6/c1-6-14-32(17-33-21-11-9-8-10-20(21)30-31-33)26(37)24-29-13-12-28(5,40-29)23(27(38)39-7-2)22(29)25(36)34(24)19(16-35)15-18(3)4/h6,8-11,18-19,22-24,35H,1,7,12-17H2,2-5H3/t19-,22+,23+,24?,28-,29?/m1/s1. The first-order valence-corrected chi connectivity index (χ1v) is 14.1. The summed E-state index contributed by atoms with van der Waals surface area (Å²) in [6, 6.07) is 5.82. The third kappa shape index (κ3) is 4.30. The van der Waals surface area contributed by atoms with E-state index in [0.29, 0.717) is 24.8 Å². The number of amides is 2. The lowest BCUT2D eigenvalue weighted by atomic mass is 9.66. The van der Waals surface area contributed by atoms with Crippen LogP contribution >= 0.6 is 0 Å². The Hall–Kier alpha value is -3.31. The Balaban J connectivity index is 1.58. The van der Waals surface area contributed by atoms with Crippen LogP contribution in [0, 0.1) is 17.8 Å². The molecule has 0 aliphatic carbocycles. The Morgan fingerprint density at radius 3 is 2.75 bits per heavy atom. The van der Waals surface area contributed by atoms with Gasteiger partial charge in [-0.15, -0.1) is 11.7 Å². The number of carbonyl (C=O) groups excluding carboxylic acids is 3. The maximum absolute atomic E-state index is 14.6. The van der Waals surface area contributed by atoms with E-state index in [0.717, 1.165) is 5.52 Å². The summed E-state index contributed by atoms with van der Waals surface area (Å²) in [7, 11) is 0. The Morgan fingerprint density at radius 1 is 1.32 bits per heavy atom. The largest absolute Gasteiger partial charge is 0.466 e. The number of aliphatic hydroxyl groups is 1. The van der Waals surface area contributed by atoms with Gasteiger partial charge in [-0.3, -0.25) is 14.4 Å². The van der Waals surface area contributed by atoms with Crippen LogP contribution in [0.5, 0.6) is 0 Å². The van der Waals surface area contributed by atoms with Crippen molar-refractivity contribution >= 4 is 28.8 Å². The molecule has 216 valence electrons. The average Bonchev–Trinajstić information content (AvgIpc) is 3.62. The van der Waals surface area contributed by atoms with Crippen LogP contribution in [-0.4, -0.2) is 90.7 Å². The predicted molar refractivity (Wildman–Crippen MR) is 145 cm³/mol. The van der Waals surface area contributed by atoms with Gasteiger partial charge in [-0.2, -0.15) is 0 Å². The number of rotatable bonds is 11. The number of nitrogens with zero attached hydrogens (tertiary/aromatic N) is 5. The first kappa shape index (κ1) is 28.2. The van der Waals surface area contributed by atoms with E-state index in [1.54, 1.807) is 22.6 Å². The Bertz CT molecular complexity index is 1310. The number of para-hydroxylation sites is 1. The van der Waals surface area contributed by atoms with Crippen LogP contribution in [0.4, 0.5) is 0 Å². The third-order valence-electron chi connectivity index (χ3n) is 8.72. The number of fused-ring (bicyclic) bond motifs is 2. The van der Waals surface area contributed by atoms with Crippen LogP contribution < -0.4 is 0 Å². The van der Waals surface area contributed by atoms with Crippen molar-refractivity contribution in [3.05, 3.63) is 36.9 Å². The molecule has 1 aromatic heterocycles. The molecule has 2 bridgehead atoms.